The van der Waals surface area contributed by atoms with Crippen molar-refractivity contribution in [3.05, 3.63) is 187 Å². The van der Waals surface area contributed by atoms with Crippen LogP contribution in [0.5, 0.6) is 0 Å². The van der Waals surface area contributed by atoms with Crippen LogP contribution in [0.25, 0.3) is 114 Å². The molecule has 5 heterocycles. The molecular formula is C68H54BN2O2S. The first-order chi connectivity index (χ1) is 35.8. The van der Waals surface area contributed by atoms with E-state index in [0.717, 1.165) is 83.4 Å². The standard InChI is InChI=1S/C68H54BN2O2S/c1-66(2,3)40-22-24-41(25-23-40)70-55-36-61-48(49-32-52-53(35-60(49)74-61)68(6,7)29-28-67(52,4)5)30-45(55)43-26-27-44-46-31-47-42-20-14-15-21-58(42)72-59(47)37-56(46)71-57-34-51-50(33-54(57)69-62(43)63(44)71)64(38-16-10-8-11-17-38)73-65(51)39-18-12-9-13-19-39/h8-27,30-37,70H,28-29H2,1-7H3. The van der Waals surface area contributed by atoms with E-state index in [1.54, 1.807) is 0 Å². The topological polar surface area (TPSA) is 43.2 Å². The molecule has 1 aliphatic heterocycles. The number of anilines is 2. The molecule has 4 aromatic heterocycles. The van der Waals surface area contributed by atoms with E-state index in [4.69, 9.17) is 8.83 Å². The molecule has 0 unspecified atom stereocenters. The summed E-state index contributed by atoms with van der Waals surface area (Å²) in [6.45, 7) is 16.6. The van der Waals surface area contributed by atoms with Crippen molar-refractivity contribution in [3.8, 4) is 39.5 Å². The van der Waals surface area contributed by atoms with E-state index in [1.807, 2.05) is 11.3 Å². The summed E-state index contributed by atoms with van der Waals surface area (Å²) in [5, 5.41) is 13.5. The Morgan fingerprint density at radius 2 is 1.18 bits per heavy atom. The highest BCUT2D eigenvalue weighted by molar-refractivity contribution is 7.25. The van der Waals surface area contributed by atoms with Crippen molar-refractivity contribution >= 4 is 116 Å². The van der Waals surface area contributed by atoms with E-state index in [-0.39, 0.29) is 16.2 Å². The summed E-state index contributed by atoms with van der Waals surface area (Å²) in [7, 11) is 2.45. The van der Waals surface area contributed by atoms with Crippen LogP contribution in [0, 0.1) is 0 Å². The maximum atomic E-state index is 7.04. The van der Waals surface area contributed by atoms with Crippen molar-refractivity contribution in [1.29, 1.82) is 0 Å². The second kappa shape index (κ2) is 15.4. The van der Waals surface area contributed by atoms with Crippen LogP contribution in [-0.4, -0.2) is 11.8 Å². The molecule has 1 aliphatic carbocycles. The number of thiophene rings is 1. The van der Waals surface area contributed by atoms with Gasteiger partial charge in [-0.15, -0.1) is 11.3 Å². The smallest absolute Gasteiger partial charge is 0.197 e. The molecule has 1 N–H and O–H groups in total. The lowest BCUT2D eigenvalue weighted by molar-refractivity contribution is 0.332. The lowest BCUT2D eigenvalue weighted by Gasteiger charge is -2.41. The third-order valence-electron chi connectivity index (χ3n) is 16.8. The Morgan fingerprint density at radius 3 is 1.89 bits per heavy atom. The average molecular weight is 974 g/mol. The Kier molecular flexibility index (Phi) is 9.09. The van der Waals surface area contributed by atoms with Gasteiger partial charge in [0.2, 0.25) is 0 Å². The summed E-state index contributed by atoms with van der Waals surface area (Å²) in [6.07, 6.45) is 2.36. The average Bonchev–Trinajstić information content (AvgIpc) is 4.16. The Hall–Kier alpha value is -7.80. The zero-order valence-corrected chi connectivity index (χ0v) is 43.6. The molecule has 9 aromatic carbocycles. The third kappa shape index (κ3) is 6.46. The van der Waals surface area contributed by atoms with Crippen LogP contribution >= 0.6 is 11.3 Å². The molecule has 2 aliphatic rings. The van der Waals surface area contributed by atoms with Gasteiger partial charge in [-0.3, -0.25) is 0 Å². The molecule has 4 nitrogen and oxygen atoms in total. The van der Waals surface area contributed by atoms with Gasteiger partial charge in [0.15, 0.2) is 7.28 Å². The van der Waals surface area contributed by atoms with Crippen LogP contribution in [0.1, 0.15) is 78.0 Å². The largest absolute Gasteiger partial charge is 0.456 e. The van der Waals surface area contributed by atoms with Crippen LogP contribution in [0.15, 0.2) is 179 Å². The van der Waals surface area contributed by atoms with Crippen molar-refractivity contribution in [2.45, 2.75) is 77.6 Å². The van der Waals surface area contributed by atoms with Gasteiger partial charge in [0, 0.05) is 97.8 Å². The normalized spacial score (nSPS) is 14.9. The minimum absolute atomic E-state index is 0.0489. The first-order valence-corrected chi connectivity index (χ1v) is 27.0. The van der Waals surface area contributed by atoms with Crippen LogP contribution in [0.2, 0.25) is 0 Å². The van der Waals surface area contributed by atoms with Gasteiger partial charge < -0.3 is 18.7 Å². The van der Waals surface area contributed by atoms with Gasteiger partial charge >= 0.3 is 0 Å². The summed E-state index contributed by atoms with van der Waals surface area (Å²) in [6, 6.07) is 62.7. The first kappa shape index (κ1) is 43.8. The maximum absolute atomic E-state index is 7.04. The lowest BCUT2D eigenvalue weighted by atomic mass is 9.58. The molecule has 13 aromatic rings. The van der Waals surface area contributed by atoms with E-state index in [9.17, 15) is 0 Å². The van der Waals surface area contributed by atoms with Crippen LogP contribution in [0.4, 0.5) is 11.4 Å². The van der Waals surface area contributed by atoms with Gasteiger partial charge in [0.25, 0.3) is 0 Å². The molecule has 6 heteroatoms. The highest BCUT2D eigenvalue weighted by atomic mass is 32.1. The second-order valence-electron chi connectivity index (χ2n) is 23.4. The lowest BCUT2D eigenvalue weighted by Crippen LogP contribution is -2.37. The number of furan rings is 2. The fourth-order valence-electron chi connectivity index (χ4n) is 12.7. The number of benzene rings is 9. The van der Waals surface area contributed by atoms with Crippen molar-refractivity contribution in [1.82, 2.24) is 4.57 Å². The van der Waals surface area contributed by atoms with E-state index in [0.29, 0.717) is 0 Å². The van der Waals surface area contributed by atoms with Gasteiger partial charge in [0.1, 0.15) is 22.7 Å². The van der Waals surface area contributed by atoms with E-state index < -0.39 is 0 Å². The number of para-hydroxylation sites is 1. The Bertz CT molecular complexity index is 4500. The van der Waals surface area contributed by atoms with Crippen molar-refractivity contribution in [3.63, 3.8) is 0 Å². The molecule has 0 spiro atoms. The predicted molar refractivity (Wildman–Crippen MR) is 316 cm³/mol. The summed E-state index contributed by atoms with van der Waals surface area (Å²) in [5.74, 6) is 1.73. The number of nitrogens with one attached hydrogen (secondary N) is 1. The number of hydrogen-bond acceptors (Lipinski definition) is 4. The molecule has 0 saturated heterocycles. The number of rotatable bonds is 5. The monoisotopic (exact) mass is 973 g/mol. The van der Waals surface area contributed by atoms with Crippen molar-refractivity contribution in [2.75, 3.05) is 5.32 Å². The Labute approximate surface area is 435 Å². The number of hydrogen-bond donors (Lipinski definition) is 1. The van der Waals surface area contributed by atoms with E-state index >= 15 is 0 Å². The van der Waals surface area contributed by atoms with Gasteiger partial charge in [0.05, 0.1) is 5.52 Å². The van der Waals surface area contributed by atoms with Crippen LogP contribution in [-0.2, 0) is 16.2 Å². The summed E-state index contributed by atoms with van der Waals surface area (Å²) < 4.78 is 18.9. The third-order valence-corrected chi connectivity index (χ3v) is 18.0. The van der Waals surface area contributed by atoms with Gasteiger partial charge in [-0.1, -0.05) is 163 Å². The van der Waals surface area contributed by atoms with Crippen molar-refractivity contribution < 1.29 is 8.83 Å². The summed E-state index contributed by atoms with van der Waals surface area (Å²) >= 11 is 1.92. The van der Waals surface area contributed by atoms with Crippen molar-refractivity contribution in [2.24, 2.45) is 0 Å². The first-order valence-electron chi connectivity index (χ1n) is 26.2. The molecule has 74 heavy (non-hydrogen) atoms. The highest BCUT2D eigenvalue weighted by Crippen LogP contribution is 2.51. The predicted octanol–water partition coefficient (Wildman–Crippen LogP) is 18.2. The molecule has 0 fully saturated rings. The zero-order chi connectivity index (χ0) is 50.0. The van der Waals surface area contributed by atoms with Crippen LogP contribution in [0.3, 0.4) is 0 Å². The van der Waals surface area contributed by atoms with Gasteiger partial charge in [-0.25, -0.2) is 0 Å². The molecule has 0 atom stereocenters. The Morgan fingerprint density at radius 1 is 0.527 bits per heavy atom. The summed E-state index contributed by atoms with van der Waals surface area (Å²) in [4.78, 5) is 0. The van der Waals surface area contributed by atoms with E-state index in [2.05, 4.69) is 235 Å². The second-order valence-corrected chi connectivity index (χ2v) is 24.5. The highest BCUT2D eigenvalue weighted by Gasteiger charge is 2.38. The zero-order valence-electron chi connectivity index (χ0n) is 42.8. The maximum Gasteiger partial charge on any atom is 0.197 e. The minimum Gasteiger partial charge on any atom is -0.456 e. The number of nitrogens with zero attached hydrogens (tertiary/aromatic N) is 1. The number of fused-ring (bicyclic) bond motifs is 13. The van der Waals surface area contributed by atoms with Gasteiger partial charge in [-0.2, -0.15) is 0 Å². The quantitative estimate of drug-likeness (QED) is 0.175. The van der Waals surface area contributed by atoms with Gasteiger partial charge in [-0.05, 0) is 111 Å². The molecule has 357 valence electrons. The molecule has 15 rings (SSSR count). The summed E-state index contributed by atoms with van der Waals surface area (Å²) in [5.41, 5.74) is 18.7. The number of aromatic nitrogens is 1. The fourth-order valence-corrected chi connectivity index (χ4v) is 13.8. The Balaban J connectivity index is 1.03. The molecule has 0 bridgehead atoms. The van der Waals surface area contributed by atoms with E-state index in [1.165, 1.54) is 82.6 Å². The van der Waals surface area contributed by atoms with Crippen LogP contribution < -0.4 is 16.2 Å². The minimum atomic E-state index is 0.0489. The molecule has 0 saturated carbocycles. The molecule has 1 radical (unpaired) electrons. The fraction of sp³-hybridized carbons (Fsp3) is 0.176. The molecule has 0 amide bonds. The SMILES string of the molecule is CC(C)(C)c1ccc(Nc2cc3sc4cc5c(cc4c3cc2-c2ccc3c4cc6c(cc4n4c3c2[B]c2cc3c(-c7ccccc7)oc(-c7ccccc7)c3cc2-4)oc2ccccc26)C(C)(C)CCC5(C)C)cc1. The molecular weight excluding hydrogens is 920 g/mol.